The van der Waals surface area contributed by atoms with Crippen molar-refractivity contribution in [2.75, 3.05) is 16.8 Å². The number of hydrogen-bond donors (Lipinski definition) is 2. The lowest BCUT2D eigenvalue weighted by Gasteiger charge is -2.07. The van der Waals surface area contributed by atoms with E-state index in [9.17, 15) is 4.79 Å². The molecule has 0 saturated carbocycles. The third-order valence-electron chi connectivity index (χ3n) is 2.60. The van der Waals surface area contributed by atoms with Crippen LogP contribution in [-0.2, 0) is 11.2 Å². The van der Waals surface area contributed by atoms with Crippen molar-refractivity contribution in [3.05, 3.63) is 29.8 Å². The molecule has 1 aromatic rings. The SMILES string of the molecule is CCc1ccc(NC(=O)CSCCC(C)N)cc1. The van der Waals surface area contributed by atoms with Crippen molar-refractivity contribution in [3.8, 4) is 0 Å². The number of anilines is 1. The maximum Gasteiger partial charge on any atom is 0.234 e. The van der Waals surface area contributed by atoms with E-state index in [1.165, 1.54) is 5.56 Å². The average Bonchev–Trinajstić information content (AvgIpc) is 2.35. The maximum atomic E-state index is 11.6. The van der Waals surface area contributed by atoms with Crippen LogP contribution in [0.4, 0.5) is 5.69 Å². The van der Waals surface area contributed by atoms with Gasteiger partial charge in [-0.2, -0.15) is 11.8 Å². The molecule has 100 valence electrons. The van der Waals surface area contributed by atoms with Gasteiger partial charge in [-0.15, -0.1) is 0 Å². The highest BCUT2D eigenvalue weighted by atomic mass is 32.2. The van der Waals surface area contributed by atoms with Crippen molar-refractivity contribution in [1.82, 2.24) is 0 Å². The number of carbonyl (C=O) groups is 1. The van der Waals surface area contributed by atoms with Gasteiger partial charge in [-0.3, -0.25) is 4.79 Å². The number of carbonyl (C=O) groups excluding carboxylic acids is 1. The standard InChI is InChI=1S/C14H22N2OS/c1-3-12-4-6-13(7-5-12)16-14(17)10-18-9-8-11(2)15/h4-7,11H,3,8-10,15H2,1-2H3,(H,16,17). The molecule has 18 heavy (non-hydrogen) atoms. The molecular weight excluding hydrogens is 244 g/mol. The Morgan fingerprint density at radius 1 is 1.39 bits per heavy atom. The fraction of sp³-hybridized carbons (Fsp3) is 0.500. The molecule has 4 heteroatoms. The zero-order valence-corrected chi connectivity index (χ0v) is 11.9. The van der Waals surface area contributed by atoms with Crippen LogP contribution in [0.5, 0.6) is 0 Å². The van der Waals surface area contributed by atoms with Crippen molar-refractivity contribution in [3.63, 3.8) is 0 Å². The fourth-order valence-electron chi connectivity index (χ4n) is 1.45. The van der Waals surface area contributed by atoms with Gasteiger partial charge in [0, 0.05) is 11.7 Å². The predicted octanol–water partition coefficient (Wildman–Crippen LogP) is 2.66. The molecule has 0 aromatic heterocycles. The highest BCUT2D eigenvalue weighted by Crippen LogP contribution is 2.11. The van der Waals surface area contributed by atoms with Crippen LogP contribution in [-0.4, -0.2) is 23.5 Å². The lowest BCUT2D eigenvalue weighted by molar-refractivity contribution is -0.113. The molecule has 0 heterocycles. The van der Waals surface area contributed by atoms with Crippen LogP contribution < -0.4 is 11.1 Å². The largest absolute Gasteiger partial charge is 0.328 e. The number of benzene rings is 1. The molecule has 0 aliphatic rings. The number of amides is 1. The Kier molecular flexibility index (Phi) is 6.83. The first-order valence-corrected chi connectivity index (χ1v) is 7.49. The number of hydrogen-bond acceptors (Lipinski definition) is 3. The van der Waals surface area contributed by atoms with Crippen molar-refractivity contribution in [2.45, 2.75) is 32.7 Å². The molecule has 0 fully saturated rings. The number of aryl methyl sites for hydroxylation is 1. The number of nitrogens with one attached hydrogen (secondary N) is 1. The predicted molar refractivity (Wildman–Crippen MR) is 80.0 cm³/mol. The summed E-state index contributed by atoms with van der Waals surface area (Å²) in [5.41, 5.74) is 7.79. The molecule has 0 aliphatic carbocycles. The first kappa shape index (κ1) is 15.1. The smallest absolute Gasteiger partial charge is 0.234 e. The molecule has 1 rings (SSSR count). The van der Waals surface area contributed by atoms with E-state index in [4.69, 9.17) is 5.73 Å². The van der Waals surface area contributed by atoms with E-state index in [0.717, 1.165) is 24.3 Å². The summed E-state index contributed by atoms with van der Waals surface area (Å²) in [4.78, 5) is 11.6. The third kappa shape index (κ3) is 6.07. The van der Waals surface area contributed by atoms with Gasteiger partial charge in [-0.1, -0.05) is 19.1 Å². The van der Waals surface area contributed by atoms with Gasteiger partial charge < -0.3 is 11.1 Å². The summed E-state index contributed by atoms with van der Waals surface area (Å²) >= 11 is 1.62. The monoisotopic (exact) mass is 266 g/mol. The van der Waals surface area contributed by atoms with E-state index < -0.39 is 0 Å². The molecule has 0 spiro atoms. The molecule has 0 radical (unpaired) electrons. The van der Waals surface area contributed by atoms with Crippen molar-refractivity contribution < 1.29 is 4.79 Å². The molecule has 1 aromatic carbocycles. The van der Waals surface area contributed by atoms with Crippen LogP contribution in [0.3, 0.4) is 0 Å². The van der Waals surface area contributed by atoms with E-state index in [2.05, 4.69) is 12.2 Å². The van der Waals surface area contributed by atoms with Gasteiger partial charge >= 0.3 is 0 Å². The van der Waals surface area contributed by atoms with Crippen LogP contribution >= 0.6 is 11.8 Å². The maximum absolute atomic E-state index is 11.6. The summed E-state index contributed by atoms with van der Waals surface area (Å²) in [5, 5.41) is 2.89. The molecular formula is C14H22N2OS. The normalized spacial score (nSPS) is 12.2. The molecule has 0 bridgehead atoms. The quantitative estimate of drug-likeness (QED) is 0.746. The minimum atomic E-state index is 0.0499. The second kappa shape index (κ2) is 8.16. The summed E-state index contributed by atoms with van der Waals surface area (Å²) in [7, 11) is 0. The summed E-state index contributed by atoms with van der Waals surface area (Å²) in [6, 6.07) is 8.19. The van der Waals surface area contributed by atoms with Gasteiger partial charge in [0.2, 0.25) is 5.91 Å². The highest BCUT2D eigenvalue weighted by molar-refractivity contribution is 7.99. The molecule has 1 atom stereocenters. The lowest BCUT2D eigenvalue weighted by atomic mass is 10.1. The Hall–Kier alpha value is -1.00. The Balaban J connectivity index is 2.26. The minimum Gasteiger partial charge on any atom is -0.328 e. The first-order chi connectivity index (χ1) is 8.61. The van der Waals surface area contributed by atoms with Crippen LogP contribution in [0.2, 0.25) is 0 Å². The molecule has 0 saturated heterocycles. The van der Waals surface area contributed by atoms with Gasteiger partial charge in [-0.25, -0.2) is 0 Å². The third-order valence-corrected chi connectivity index (χ3v) is 3.59. The van der Waals surface area contributed by atoms with E-state index in [-0.39, 0.29) is 11.9 Å². The summed E-state index contributed by atoms with van der Waals surface area (Å²) in [6.45, 7) is 4.10. The number of rotatable bonds is 7. The Labute approximate surface area is 114 Å². The van der Waals surface area contributed by atoms with Gasteiger partial charge in [0.15, 0.2) is 0 Å². The second-order valence-electron chi connectivity index (χ2n) is 4.42. The van der Waals surface area contributed by atoms with E-state index >= 15 is 0 Å². The molecule has 1 amide bonds. The van der Waals surface area contributed by atoms with E-state index in [1.54, 1.807) is 11.8 Å². The summed E-state index contributed by atoms with van der Waals surface area (Å²) in [6.07, 6.45) is 1.96. The van der Waals surface area contributed by atoms with E-state index in [0.29, 0.717) is 5.75 Å². The second-order valence-corrected chi connectivity index (χ2v) is 5.52. The fourth-order valence-corrected chi connectivity index (χ4v) is 2.40. The number of thioether (sulfide) groups is 1. The molecule has 1 unspecified atom stereocenters. The van der Waals surface area contributed by atoms with Gasteiger partial charge in [-0.05, 0) is 43.2 Å². The Morgan fingerprint density at radius 3 is 2.61 bits per heavy atom. The molecule has 3 N–H and O–H groups in total. The summed E-state index contributed by atoms with van der Waals surface area (Å²) < 4.78 is 0. The van der Waals surface area contributed by atoms with Crippen LogP contribution in [0.15, 0.2) is 24.3 Å². The first-order valence-electron chi connectivity index (χ1n) is 6.34. The van der Waals surface area contributed by atoms with Gasteiger partial charge in [0.25, 0.3) is 0 Å². The van der Waals surface area contributed by atoms with Crippen LogP contribution in [0.1, 0.15) is 25.8 Å². The van der Waals surface area contributed by atoms with Crippen molar-refractivity contribution in [2.24, 2.45) is 5.73 Å². The number of nitrogens with two attached hydrogens (primary N) is 1. The highest BCUT2D eigenvalue weighted by Gasteiger charge is 2.03. The minimum absolute atomic E-state index is 0.0499. The lowest BCUT2D eigenvalue weighted by Crippen LogP contribution is -2.17. The topological polar surface area (TPSA) is 55.1 Å². The van der Waals surface area contributed by atoms with Gasteiger partial charge in [0.1, 0.15) is 0 Å². The zero-order chi connectivity index (χ0) is 13.4. The van der Waals surface area contributed by atoms with Crippen LogP contribution in [0.25, 0.3) is 0 Å². The van der Waals surface area contributed by atoms with Crippen molar-refractivity contribution >= 4 is 23.4 Å². The van der Waals surface area contributed by atoms with Gasteiger partial charge in [0.05, 0.1) is 5.75 Å². The molecule has 3 nitrogen and oxygen atoms in total. The van der Waals surface area contributed by atoms with Crippen molar-refractivity contribution in [1.29, 1.82) is 0 Å². The molecule has 0 aliphatic heterocycles. The van der Waals surface area contributed by atoms with E-state index in [1.807, 2.05) is 31.2 Å². The average molecular weight is 266 g/mol. The summed E-state index contributed by atoms with van der Waals surface area (Å²) in [5.74, 6) is 1.47. The zero-order valence-electron chi connectivity index (χ0n) is 11.1. The Morgan fingerprint density at radius 2 is 2.06 bits per heavy atom. The van der Waals surface area contributed by atoms with Crippen LogP contribution in [0, 0.1) is 0 Å². The Bertz CT molecular complexity index is 363.